The zero-order valence-corrected chi connectivity index (χ0v) is 27.2. The van der Waals surface area contributed by atoms with Crippen LogP contribution in [0, 0.1) is 25.2 Å². The van der Waals surface area contributed by atoms with Gasteiger partial charge in [-0.3, -0.25) is 19.5 Å². The molecule has 44 heavy (non-hydrogen) atoms. The number of amides is 2. The molecule has 234 valence electrons. The fourth-order valence-corrected chi connectivity index (χ4v) is 5.31. The second-order valence-electron chi connectivity index (χ2n) is 10.3. The molecule has 0 aliphatic carbocycles. The molecule has 0 fully saturated rings. The van der Waals surface area contributed by atoms with Crippen LogP contribution in [0.4, 0.5) is 5.82 Å². The SMILES string of the molecule is CCCCC1=NC(C)C(=O)N1Cc1ccc(-c2ccccc2SNc2noc(C)c2C)c(COCC)c1.CNC(=O)CC#N. The summed E-state index contributed by atoms with van der Waals surface area (Å²) in [5.41, 5.74) is 5.37. The molecule has 10 nitrogen and oxygen atoms in total. The molecule has 1 aromatic heterocycles. The molecule has 1 aliphatic heterocycles. The zero-order chi connectivity index (χ0) is 32.1. The van der Waals surface area contributed by atoms with Crippen LogP contribution in [0.5, 0.6) is 0 Å². The van der Waals surface area contributed by atoms with Gasteiger partial charge in [-0.15, -0.1) is 0 Å². The molecule has 1 aliphatic rings. The van der Waals surface area contributed by atoms with E-state index in [0.717, 1.165) is 69.4 Å². The number of aryl methyl sites for hydroxylation is 1. The Bertz CT molecular complexity index is 1500. The smallest absolute Gasteiger partial charge is 0.252 e. The van der Waals surface area contributed by atoms with Crippen LogP contribution in [0.2, 0.25) is 0 Å². The number of nitrogens with zero attached hydrogens (tertiary/aromatic N) is 4. The third kappa shape index (κ3) is 9.18. The summed E-state index contributed by atoms with van der Waals surface area (Å²) in [6, 6.07) is 16.1. The predicted octanol–water partition coefficient (Wildman–Crippen LogP) is 6.58. The fourth-order valence-electron chi connectivity index (χ4n) is 4.48. The molecule has 1 atom stereocenters. The lowest BCUT2D eigenvalue weighted by atomic mass is 9.97. The van der Waals surface area contributed by atoms with Crippen molar-refractivity contribution in [2.24, 2.45) is 4.99 Å². The van der Waals surface area contributed by atoms with Gasteiger partial charge in [0.1, 0.15) is 24.1 Å². The average Bonchev–Trinajstić information content (AvgIpc) is 3.49. The number of nitrogens with one attached hydrogen (secondary N) is 2. The van der Waals surface area contributed by atoms with Crippen LogP contribution in [-0.2, 0) is 27.5 Å². The second kappa shape index (κ2) is 17.2. The minimum Gasteiger partial charge on any atom is -0.377 e. The molecule has 0 saturated heterocycles. The van der Waals surface area contributed by atoms with Crippen molar-refractivity contribution in [2.75, 3.05) is 18.4 Å². The monoisotopic (exact) mass is 618 g/mol. The number of aliphatic imine (C=N–C) groups is 1. The Hall–Kier alpha value is -4.14. The minimum atomic E-state index is -0.303. The van der Waals surface area contributed by atoms with Gasteiger partial charge in [0.05, 0.1) is 19.2 Å². The van der Waals surface area contributed by atoms with E-state index in [1.165, 1.54) is 19.0 Å². The van der Waals surface area contributed by atoms with Crippen molar-refractivity contribution in [1.29, 1.82) is 5.26 Å². The van der Waals surface area contributed by atoms with E-state index in [0.29, 0.717) is 19.8 Å². The maximum atomic E-state index is 12.9. The maximum Gasteiger partial charge on any atom is 0.252 e. The lowest BCUT2D eigenvalue weighted by Gasteiger charge is -2.21. The van der Waals surface area contributed by atoms with Gasteiger partial charge in [-0.25, -0.2) is 0 Å². The molecule has 2 amide bonds. The molecule has 0 saturated carbocycles. The predicted molar refractivity (Wildman–Crippen MR) is 174 cm³/mol. The Morgan fingerprint density at radius 3 is 2.59 bits per heavy atom. The van der Waals surface area contributed by atoms with Crippen LogP contribution in [0.3, 0.4) is 0 Å². The van der Waals surface area contributed by atoms with E-state index < -0.39 is 0 Å². The van der Waals surface area contributed by atoms with E-state index in [-0.39, 0.29) is 24.3 Å². The molecule has 3 aromatic rings. The lowest BCUT2D eigenvalue weighted by molar-refractivity contribution is -0.127. The van der Waals surface area contributed by atoms with E-state index >= 15 is 0 Å². The van der Waals surface area contributed by atoms with Crippen molar-refractivity contribution in [1.82, 2.24) is 15.4 Å². The number of anilines is 1. The first-order valence-electron chi connectivity index (χ1n) is 14.8. The number of carbonyl (C=O) groups is 2. The summed E-state index contributed by atoms with van der Waals surface area (Å²) in [6.45, 7) is 11.6. The van der Waals surface area contributed by atoms with Crippen molar-refractivity contribution in [3.05, 3.63) is 64.9 Å². The molecule has 4 rings (SSSR count). The molecule has 11 heteroatoms. The molecule has 0 radical (unpaired) electrons. The number of hydrogen-bond donors (Lipinski definition) is 2. The van der Waals surface area contributed by atoms with Gasteiger partial charge in [0.2, 0.25) is 5.91 Å². The van der Waals surface area contributed by atoms with E-state index in [4.69, 9.17) is 14.5 Å². The normalized spacial score (nSPS) is 14.0. The summed E-state index contributed by atoms with van der Waals surface area (Å²) in [5, 5.41) is 14.3. The molecule has 0 bridgehead atoms. The number of rotatable bonds is 13. The van der Waals surface area contributed by atoms with Crippen molar-refractivity contribution in [3.8, 4) is 17.2 Å². The summed E-state index contributed by atoms with van der Waals surface area (Å²) >= 11 is 1.51. The summed E-state index contributed by atoms with van der Waals surface area (Å²) in [7, 11) is 1.50. The van der Waals surface area contributed by atoms with Gasteiger partial charge in [0, 0.05) is 30.5 Å². The summed E-state index contributed by atoms with van der Waals surface area (Å²) < 4.78 is 14.5. The summed E-state index contributed by atoms with van der Waals surface area (Å²) in [5.74, 6) is 2.28. The quantitative estimate of drug-likeness (QED) is 0.205. The Morgan fingerprint density at radius 1 is 1.18 bits per heavy atom. The molecule has 1 unspecified atom stereocenters. The van der Waals surface area contributed by atoms with Crippen LogP contribution in [0.1, 0.15) is 68.9 Å². The van der Waals surface area contributed by atoms with Crippen LogP contribution in [0.15, 0.2) is 56.9 Å². The fraction of sp³-hybridized carbons (Fsp3) is 0.424. The Morgan fingerprint density at radius 2 is 1.95 bits per heavy atom. The molecule has 0 spiro atoms. The maximum absolute atomic E-state index is 12.9. The van der Waals surface area contributed by atoms with Crippen LogP contribution >= 0.6 is 11.9 Å². The van der Waals surface area contributed by atoms with E-state index in [1.54, 1.807) is 6.07 Å². The van der Waals surface area contributed by atoms with Gasteiger partial charge in [0.25, 0.3) is 5.91 Å². The van der Waals surface area contributed by atoms with Crippen LogP contribution < -0.4 is 10.0 Å². The van der Waals surface area contributed by atoms with Crippen molar-refractivity contribution >= 4 is 35.4 Å². The number of nitriles is 1. The molecular formula is C33H42N6O4S. The van der Waals surface area contributed by atoms with Crippen molar-refractivity contribution in [2.45, 2.75) is 84.4 Å². The van der Waals surface area contributed by atoms with Crippen molar-refractivity contribution in [3.63, 3.8) is 0 Å². The minimum absolute atomic E-state index is 0.0451. The summed E-state index contributed by atoms with van der Waals surface area (Å²) in [6.07, 6.45) is 2.89. The molecule has 2 N–H and O–H groups in total. The molecule has 2 heterocycles. The number of ether oxygens (including phenoxy) is 1. The highest BCUT2D eigenvalue weighted by atomic mass is 32.2. The highest BCUT2D eigenvalue weighted by Crippen LogP contribution is 2.35. The number of unbranched alkanes of at least 4 members (excludes halogenated alkanes) is 1. The highest BCUT2D eigenvalue weighted by molar-refractivity contribution is 8.00. The molecule has 2 aromatic carbocycles. The third-order valence-corrected chi connectivity index (χ3v) is 7.99. The molecular weight excluding hydrogens is 576 g/mol. The Labute approximate surface area is 264 Å². The first-order chi connectivity index (χ1) is 21.2. The second-order valence-corrected chi connectivity index (χ2v) is 11.1. The van der Waals surface area contributed by atoms with Crippen LogP contribution in [0.25, 0.3) is 11.1 Å². The highest BCUT2D eigenvalue weighted by Gasteiger charge is 2.31. The van der Waals surface area contributed by atoms with Gasteiger partial charge in [-0.2, -0.15) is 5.26 Å². The average molecular weight is 619 g/mol. The van der Waals surface area contributed by atoms with Gasteiger partial charge in [0.15, 0.2) is 5.82 Å². The van der Waals surface area contributed by atoms with Gasteiger partial charge in [-0.05, 0) is 74.4 Å². The Balaban J connectivity index is 0.000000676. The van der Waals surface area contributed by atoms with Crippen LogP contribution in [-0.4, -0.2) is 47.4 Å². The van der Waals surface area contributed by atoms with Gasteiger partial charge in [-0.1, -0.05) is 54.9 Å². The topological polar surface area (TPSA) is 133 Å². The van der Waals surface area contributed by atoms with E-state index in [1.807, 2.05) is 44.7 Å². The summed E-state index contributed by atoms with van der Waals surface area (Å²) in [4.78, 5) is 30.5. The van der Waals surface area contributed by atoms with E-state index in [2.05, 4.69) is 57.4 Å². The van der Waals surface area contributed by atoms with Gasteiger partial charge >= 0.3 is 0 Å². The van der Waals surface area contributed by atoms with Gasteiger partial charge < -0.3 is 19.3 Å². The number of amidine groups is 1. The number of benzene rings is 2. The largest absolute Gasteiger partial charge is 0.377 e. The number of hydrogen-bond acceptors (Lipinski definition) is 9. The van der Waals surface area contributed by atoms with Crippen molar-refractivity contribution < 1.29 is 18.8 Å². The zero-order valence-electron chi connectivity index (χ0n) is 26.4. The number of carbonyl (C=O) groups excluding carboxylic acids is 2. The van der Waals surface area contributed by atoms with E-state index in [9.17, 15) is 9.59 Å². The Kier molecular flexibility index (Phi) is 13.5. The first kappa shape index (κ1) is 34.4. The first-order valence-corrected chi connectivity index (χ1v) is 15.7. The third-order valence-electron chi connectivity index (χ3n) is 7.11. The lowest BCUT2D eigenvalue weighted by Crippen LogP contribution is -2.34. The standard InChI is InChI=1S/C29H36N4O3S.C4H6N2O/c1-6-8-13-27-30-20(4)29(34)33(27)17-22-14-15-24(23(16-22)18-35-7-2)25-11-9-10-12-26(25)37-32-28-19(3)21(5)36-31-28;1-6-4(7)2-3-5/h9-12,14-16,20H,6-8,13,17-18H2,1-5H3,(H,31,32);2H2,1H3,(H,6,7). The number of aromatic nitrogens is 1.